The smallest absolute Gasteiger partial charge is 0.457 e. The minimum absolute atomic E-state index is 0.0609. The van der Waals surface area contributed by atoms with Gasteiger partial charge in [0.25, 0.3) is 11.6 Å². The molecule has 0 bridgehead atoms. The Kier molecular flexibility index (Phi) is 5.47. The number of nitrogens with zero attached hydrogens (tertiary/aromatic N) is 1. The Hall–Kier alpha value is -3.69. The van der Waals surface area contributed by atoms with Crippen LogP contribution in [0.4, 0.5) is 5.69 Å². The topological polar surface area (TPSA) is 111 Å². The second kappa shape index (κ2) is 8.36. The number of hydrogen-bond donors (Lipinski definition) is 2. The molecule has 0 aliphatic carbocycles. The first-order valence-electron chi connectivity index (χ1n) is 9.21. The first-order valence-corrected chi connectivity index (χ1v) is 9.21. The molecule has 2 N–H and O–H groups in total. The summed E-state index contributed by atoms with van der Waals surface area (Å²) in [6.45, 7) is 0.658. The van der Waals surface area contributed by atoms with Gasteiger partial charge in [-0.25, -0.2) is 0 Å². The summed E-state index contributed by atoms with van der Waals surface area (Å²) in [5.41, 5.74) is 2.82. The van der Waals surface area contributed by atoms with E-state index in [-0.39, 0.29) is 11.6 Å². The first-order chi connectivity index (χ1) is 14.5. The van der Waals surface area contributed by atoms with Gasteiger partial charge < -0.3 is 19.7 Å². The van der Waals surface area contributed by atoms with Crippen LogP contribution in [0, 0.1) is 10.1 Å². The number of hydrogen-bond acceptors (Lipinski definition) is 6. The Morgan fingerprint density at radius 2 is 1.80 bits per heavy atom. The molecule has 8 nitrogen and oxygen atoms in total. The lowest BCUT2D eigenvalue weighted by Gasteiger charge is -2.09. The molecule has 0 atom stereocenters. The Morgan fingerprint density at radius 1 is 1.10 bits per heavy atom. The fraction of sp³-hybridized carbons (Fsp3) is 0.0952. The molecule has 0 radical (unpaired) electrons. The third-order valence-corrected chi connectivity index (χ3v) is 4.73. The van der Waals surface area contributed by atoms with Gasteiger partial charge in [0.05, 0.1) is 11.5 Å². The van der Waals surface area contributed by atoms with Crippen LogP contribution in [-0.2, 0) is 17.8 Å². The highest BCUT2D eigenvalue weighted by Gasteiger charge is 2.27. The quantitative estimate of drug-likeness (QED) is 0.371. The number of amides is 1. The number of carbonyl (C=O) groups excluding carboxylic acids is 1. The fourth-order valence-electron chi connectivity index (χ4n) is 3.10. The predicted molar refractivity (Wildman–Crippen MR) is 110 cm³/mol. The highest BCUT2D eigenvalue weighted by Crippen LogP contribution is 2.24. The summed E-state index contributed by atoms with van der Waals surface area (Å²) in [6.07, 6.45) is 0. The summed E-state index contributed by atoms with van der Waals surface area (Å²) < 4.78 is 11.0. The number of carbonyl (C=O) groups is 1. The van der Waals surface area contributed by atoms with Crippen LogP contribution in [-0.4, -0.2) is 23.0 Å². The van der Waals surface area contributed by atoms with Gasteiger partial charge in [-0.3, -0.25) is 14.9 Å². The molecule has 30 heavy (non-hydrogen) atoms. The zero-order valence-electron chi connectivity index (χ0n) is 15.8. The molecule has 0 spiro atoms. The maximum absolute atomic E-state index is 12.2. The molecule has 4 rings (SSSR count). The van der Waals surface area contributed by atoms with Gasteiger partial charge >= 0.3 is 7.12 Å². The van der Waals surface area contributed by atoms with Crippen molar-refractivity contribution in [2.75, 3.05) is 0 Å². The highest BCUT2D eigenvalue weighted by molar-refractivity contribution is 6.61. The fourth-order valence-corrected chi connectivity index (χ4v) is 3.10. The Balaban J connectivity index is 1.33. The third-order valence-electron chi connectivity index (χ3n) is 4.73. The summed E-state index contributed by atoms with van der Waals surface area (Å²) in [7, 11) is -0.880. The molecule has 1 amide bonds. The molecule has 150 valence electrons. The van der Waals surface area contributed by atoms with Crippen molar-refractivity contribution in [1.29, 1.82) is 0 Å². The Labute approximate surface area is 172 Å². The van der Waals surface area contributed by atoms with E-state index < -0.39 is 12.0 Å². The molecule has 9 heteroatoms. The predicted octanol–water partition coefficient (Wildman–Crippen LogP) is 2.53. The molecule has 0 aromatic heterocycles. The van der Waals surface area contributed by atoms with Crippen molar-refractivity contribution >= 4 is 24.2 Å². The second-order valence-corrected chi connectivity index (χ2v) is 6.76. The molecule has 0 saturated carbocycles. The summed E-state index contributed by atoms with van der Waals surface area (Å²) >= 11 is 0. The number of nitro benzene ring substituents is 1. The van der Waals surface area contributed by atoms with E-state index in [4.69, 9.17) is 9.39 Å². The van der Waals surface area contributed by atoms with E-state index in [0.29, 0.717) is 30.2 Å². The normalized spacial score (nSPS) is 12.4. The lowest BCUT2D eigenvalue weighted by molar-refractivity contribution is -0.384. The summed E-state index contributed by atoms with van der Waals surface area (Å²) in [4.78, 5) is 22.4. The van der Waals surface area contributed by atoms with Crippen molar-refractivity contribution < 1.29 is 24.1 Å². The van der Waals surface area contributed by atoms with E-state index in [0.717, 1.165) is 16.6 Å². The Bertz CT molecular complexity index is 1090. The van der Waals surface area contributed by atoms with Crippen LogP contribution in [0.1, 0.15) is 21.5 Å². The number of benzene rings is 3. The van der Waals surface area contributed by atoms with Crippen LogP contribution < -0.4 is 15.5 Å². The van der Waals surface area contributed by atoms with Gasteiger partial charge in [0.15, 0.2) is 0 Å². The van der Waals surface area contributed by atoms with Gasteiger partial charge in [-0.05, 0) is 53.0 Å². The van der Waals surface area contributed by atoms with Crippen LogP contribution in [0.25, 0.3) is 0 Å². The van der Waals surface area contributed by atoms with Crippen LogP contribution >= 0.6 is 0 Å². The van der Waals surface area contributed by atoms with E-state index in [1.165, 1.54) is 24.3 Å². The standard InChI is InChI=1S/C21H17BN2O6/c25-21(15-3-5-17(6-4-15)24(27)28)23-12-14-1-7-18(8-2-14)30-19-9-10-20-16(11-19)13-29-22(20)26/h1-11,26H,12-13H2,(H,23,25). The lowest BCUT2D eigenvalue weighted by Crippen LogP contribution is -2.27. The van der Waals surface area contributed by atoms with Crippen molar-refractivity contribution in [2.45, 2.75) is 13.2 Å². The zero-order chi connectivity index (χ0) is 21.1. The van der Waals surface area contributed by atoms with Crippen molar-refractivity contribution in [3.63, 3.8) is 0 Å². The van der Waals surface area contributed by atoms with Gasteiger partial charge in [0.2, 0.25) is 0 Å². The van der Waals surface area contributed by atoms with Crippen LogP contribution in [0.3, 0.4) is 0 Å². The SMILES string of the molecule is O=C(NCc1ccc(Oc2ccc3c(c2)COB3O)cc1)c1ccc([N+](=O)[O-])cc1. The summed E-state index contributed by atoms with van der Waals surface area (Å²) in [5.74, 6) is 0.971. The zero-order valence-corrected chi connectivity index (χ0v) is 15.8. The van der Waals surface area contributed by atoms with Gasteiger partial charge in [0.1, 0.15) is 11.5 Å². The minimum Gasteiger partial charge on any atom is -0.457 e. The van der Waals surface area contributed by atoms with Crippen molar-refractivity contribution in [1.82, 2.24) is 5.32 Å². The van der Waals surface area contributed by atoms with Crippen LogP contribution in [0.2, 0.25) is 0 Å². The third kappa shape index (κ3) is 4.32. The van der Waals surface area contributed by atoms with Gasteiger partial charge in [-0.15, -0.1) is 0 Å². The average Bonchev–Trinajstić information content (AvgIpc) is 3.13. The largest absolute Gasteiger partial charge is 0.491 e. The molecule has 1 aliphatic rings. The number of ether oxygens (including phenoxy) is 1. The molecule has 3 aromatic carbocycles. The van der Waals surface area contributed by atoms with Gasteiger partial charge in [-0.1, -0.05) is 18.2 Å². The molecular weight excluding hydrogens is 387 g/mol. The van der Waals surface area contributed by atoms with E-state index in [1.54, 1.807) is 24.3 Å². The highest BCUT2D eigenvalue weighted by atomic mass is 16.6. The average molecular weight is 404 g/mol. The molecule has 0 unspecified atom stereocenters. The van der Waals surface area contributed by atoms with Crippen molar-refractivity contribution in [3.8, 4) is 11.5 Å². The lowest BCUT2D eigenvalue weighted by atomic mass is 9.80. The first kappa shape index (κ1) is 19.6. The van der Waals surface area contributed by atoms with E-state index in [1.807, 2.05) is 18.2 Å². The molecule has 1 aliphatic heterocycles. The number of nitrogens with one attached hydrogen (secondary N) is 1. The van der Waals surface area contributed by atoms with E-state index >= 15 is 0 Å². The number of non-ortho nitro benzene ring substituents is 1. The van der Waals surface area contributed by atoms with E-state index in [2.05, 4.69) is 5.32 Å². The maximum Gasteiger partial charge on any atom is 0.491 e. The summed E-state index contributed by atoms with van der Waals surface area (Å²) in [5, 5.41) is 23.1. The Morgan fingerprint density at radius 3 is 2.50 bits per heavy atom. The summed E-state index contributed by atoms with van der Waals surface area (Å²) in [6, 6.07) is 18.1. The number of fused-ring (bicyclic) bond motifs is 1. The number of nitro groups is 1. The molecular formula is C21H17BN2O6. The van der Waals surface area contributed by atoms with Gasteiger partial charge in [0, 0.05) is 24.2 Å². The van der Waals surface area contributed by atoms with Crippen molar-refractivity contribution in [2.24, 2.45) is 0 Å². The molecule has 0 saturated heterocycles. The second-order valence-electron chi connectivity index (χ2n) is 6.76. The molecule has 1 heterocycles. The monoisotopic (exact) mass is 404 g/mol. The molecule has 0 fully saturated rings. The van der Waals surface area contributed by atoms with Crippen molar-refractivity contribution in [3.05, 3.63) is 93.5 Å². The number of rotatable bonds is 6. The maximum atomic E-state index is 12.2. The van der Waals surface area contributed by atoms with Gasteiger partial charge in [-0.2, -0.15) is 0 Å². The van der Waals surface area contributed by atoms with Crippen LogP contribution in [0.15, 0.2) is 66.7 Å². The van der Waals surface area contributed by atoms with Crippen LogP contribution in [0.5, 0.6) is 11.5 Å². The minimum atomic E-state index is -0.880. The molecule has 3 aromatic rings. The van der Waals surface area contributed by atoms with E-state index in [9.17, 15) is 19.9 Å².